The maximum Gasteiger partial charge on any atom is 0.0881 e. The van der Waals surface area contributed by atoms with E-state index in [1.165, 1.54) is 19.5 Å². The van der Waals surface area contributed by atoms with Crippen LogP contribution in [0.25, 0.3) is 0 Å². The van der Waals surface area contributed by atoms with Gasteiger partial charge in [0.15, 0.2) is 0 Å². The SMILES string of the molecule is CCC[N+](C)(C)CC1C=CC=C1. The molecule has 1 aliphatic rings. The van der Waals surface area contributed by atoms with Crippen molar-refractivity contribution in [2.75, 3.05) is 27.2 Å². The minimum atomic E-state index is 0.673. The van der Waals surface area contributed by atoms with Crippen molar-refractivity contribution in [2.45, 2.75) is 13.3 Å². The Morgan fingerprint density at radius 3 is 2.25 bits per heavy atom. The second kappa shape index (κ2) is 3.90. The molecule has 0 N–H and O–H groups in total. The Balaban J connectivity index is 2.38. The molecule has 1 heteroatoms. The number of quaternary nitrogens is 1. The quantitative estimate of drug-likeness (QED) is 0.562. The zero-order valence-electron chi connectivity index (χ0n) is 8.46. The minimum absolute atomic E-state index is 0.673. The molecule has 0 spiro atoms. The monoisotopic (exact) mass is 166 g/mol. The van der Waals surface area contributed by atoms with Crippen molar-refractivity contribution in [3.8, 4) is 0 Å². The van der Waals surface area contributed by atoms with Crippen LogP contribution in [0.5, 0.6) is 0 Å². The van der Waals surface area contributed by atoms with Gasteiger partial charge in [-0.2, -0.15) is 0 Å². The Morgan fingerprint density at radius 1 is 1.17 bits per heavy atom. The number of rotatable bonds is 4. The van der Waals surface area contributed by atoms with Gasteiger partial charge in [-0.15, -0.1) is 0 Å². The van der Waals surface area contributed by atoms with Crippen LogP contribution in [0.15, 0.2) is 24.3 Å². The Kier molecular flexibility index (Phi) is 3.10. The molecular formula is C11H20N+. The van der Waals surface area contributed by atoms with Crippen LogP contribution < -0.4 is 0 Å². The summed E-state index contributed by atoms with van der Waals surface area (Å²) in [7, 11) is 4.62. The van der Waals surface area contributed by atoms with Crippen LogP contribution in [-0.4, -0.2) is 31.7 Å². The van der Waals surface area contributed by atoms with Crippen LogP contribution in [-0.2, 0) is 0 Å². The van der Waals surface area contributed by atoms with Crippen LogP contribution in [0.4, 0.5) is 0 Å². The zero-order valence-corrected chi connectivity index (χ0v) is 8.46. The standard InChI is InChI=1S/C11H20N/c1-4-9-12(2,3)10-11-7-5-6-8-11/h5-8,11H,4,9-10H2,1-3H3/q+1. The third kappa shape index (κ3) is 2.82. The second-order valence-corrected chi connectivity index (χ2v) is 4.28. The molecule has 0 bridgehead atoms. The molecule has 1 rings (SSSR count). The van der Waals surface area contributed by atoms with E-state index in [4.69, 9.17) is 0 Å². The van der Waals surface area contributed by atoms with E-state index in [-0.39, 0.29) is 0 Å². The second-order valence-electron chi connectivity index (χ2n) is 4.28. The zero-order chi connectivity index (χ0) is 9.03. The van der Waals surface area contributed by atoms with Crippen molar-refractivity contribution in [3.63, 3.8) is 0 Å². The summed E-state index contributed by atoms with van der Waals surface area (Å²) in [5.74, 6) is 0.673. The van der Waals surface area contributed by atoms with Gasteiger partial charge < -0.3 is 4.48 Å². The first-order chi connectivity index (χ1) is 5.64. The largest absolute Gasteiger partial charge is 0.328 e. The summed E-state index contributed by atoms with van der Waals surface area (Å²) in [4.78, 5) is 0. The van der Waals surface area contributed by atoms with Crippen LogP contribution in [0.2, 0.25) is 0 Å². The summed E-state index contributed by atoms with van der Waals surface area (Å²) in [6.07, 6.45) is 10.1. The Bertz CT molecular complexity index is 177. The van der Waals surface area contributed by atoms with Crippen LogP contribution in [0, 0.1) is 5.92 Å². The van der Waals surface area contributed by atoms with E-state index >= 15 is 0 Å². The highest BCUT2D eigenvalue weighted by Gasteiger charge is 2.18. The summed E-state index contributed by atoms with van der Waals surface area (Å²) in [6.45, 7) is 4.76. The summed E-state index contributed by atoms with van der Waals surface area (Å²) >= 11 is 0. The number of hydrogen-bond donors (Lipinski definition) is 0. The fourth-order valence-electron chi connectivity index (χ4n) is 1.87. The Morgan fingerprint density at radius 2 is 1.75 bits per heavy atom. The van der Waals surface area contributed by atoms with E-state index in [1.807, 2.05) is 0 Å². The molecule has 0 atom stereocenters. The highest BCUT2D eigenvalue weighted by molar-refractivity contribution is 5.17. The third-order valence-corrected chi connectivity index (χ3v) is 2.36. The van der Waals surface area contributed by atoms with Gasteiger partial charge in [-0.25, -0.2) is 0 Å². The van der Waals surface area contributed by atoms with Crippen molar-refractivity contribution in [1.82, 2.24) is 0 Å². The van der Waals surface area contributed by atoms with Gasteiger partial charge in [0.1, 0.15) is 0 Å². The summed E-state index contributed by atoms with van der Waals surface area (Å²) < 4.78 is 1.13. The third-order valence-electron chi connectivity index (χ3n) is 2.36. The molecule has 0 unspecified atom stereocenters. The van der Waals surface area contributed by atoms with Gasteiger partial charge in [-0.05, 0) is 6.42 Å². The van der Waals surface area contributed by atoms with E-state index in [1.54, 1.807) is 0 Å². The molecule has 0 aromatic rings. The molecule has 0 aromatic heterocycles. The van der Waals surface area contributed by atoms with Gasteiger partial charge in [0.05, 0.1) is 27.2 Å². The first-order valence-corrected chi connectivity index (χ1v) is 4.81. The van der Waals surface area contributed by atoms with Gasteiger partial charge in [-0.1, -0.05) is 31.2 Å². The lowest BCUT2D eigenvalue weighted by molar-refractivity contribution is -0.892. The molecule has 0 saturated carbocycles. The Labute approximate surface area is 76.0 Å². The van der Waals surface area contributed by atoms with Crippen molar-refractivity contribution in [1.29, 1.82) is 0 Å². The summed E-state index contributed by atoms with van der Waals surface area (Å²) in [5.41, 5.74) is 0. The van der Waals surface area contributed by atoms with E-state index in [2.05, 4.69) is 45.3 Å². The highest BCUT2D eigenvalue weighted by Crippen LogP contribution is 2.13. The Hall–Kier alpha value is -0.560. The maximum absolute atomic E-state index is 2.31. The van der Waals surface area contributed by atoms with Crippen molar-refractivity contribution in [3.05, 3.63) is 24.3 Å². The molecule has 0 aromatic carbocycles. The predicted octanol–water partition coefficient (Wildman–Crippen LogP) is 2.21. The van der Waals surface area contributed by atoms with E-state index in [0.717, 1.165) is 4.48 Å². The molecule has 0 aliphatic heterocycles. The van der Waals surface area contributed by atoms with Gasteiger partial charge in [-0.3, -0.25) is 0 Å². The van der Waals surface area contributed by atoms with E-state index in [0.29, 0.717) is 5.92 Å². The van der Waals surface area contributed by atoms with Crippen LogP contribution in [0.3, 0.4) is 0 Å². The fourth-order valence-corrected chi connectivity index (χ4v) is 1.87. The summed E-state index contributed by atoms with van der Waals surface area (Å²) in [5, 5.41) is 0. The molecule has 1 nitrogen and oxygen atoms in total. The van der Waals surface area contributed by atoms with Crippen molar-refractivity contribution < 1.29 is 4.48 Å². The number of nitrogens with zero attached hydrogens (tertiary/aromatic N) is 1. The van der Waals surface area contributed by atoms with Gasteiger partial charge in [0.2, 0.25) is 0 Å². The smallest absolute Gasteiger partial charge is 0.0881 e. The average molecular weight is 166 g/mol. The van der Waals surface area contributed by atoms with Gasteiger partial charge >= 0.3 is 0 Å². The van der Waals surface area contributed by atoms with Gasteiger partial charge in [0, 0.05) is 5.92 Å². The topological polar surface area (TPSA) is 0 Å². The van der Waals surface area contributed by atoms with Crippen LogP contribution >= 0.6 is 0 Å². The maximum atomic E-state index is 2.31. The fraction of sp³-hybridized carbons (Fsp3) is 0.636. The van der Waals surface area contributed by atoms with Crippen molar-refractivity contribution >= 4 is 0 Å². The minimum Gasteiger partial charge on any atom is -0.328 e. The van der Waals surface area contributed by atoms with Gasteiger partial charge in [0.25, 0.3) is 0 Å². The molecule has 0 heterocycles. The molecule has 0 amide bonds. The highest BCUT2D eigenvalue weighted by atomic mass is 15.3. The molecule has 12 heavy (non-hydrogen) atoms. The molecular weight excluding hydrogens is 146 g/mol. The first-order valence-electron chi connectivity index (χ1n) is 4.81. The predicted molar refractivity (Wildman–Crippen MR) is 53.9 cm³/mol. The molecule has 68 valence electrons. The molecule has 0 fully saturated rings. The lowest BCUT2D eigenvalue weighted by atomic mass is 10.1. The van der Waals surface area contributed by atoms with E-state index in [9.17, 15) is 0 Å². The van der Waals surface area contributed by atoms with E-state index < -0.39 is 0 Å². The first kappa shape index (κ1) is 9.53. The van der Waals surface area contributed by atoms with Crippen molar-refractivity contribution in [2.24, 2.45) is 5.92 Å². The number of hydrogen-bond acceptors (Lipinski definition) is 0. The van der Waals surface area contributed by atoms with Crippen LogP contribution in [0.1, 0.15) is 13.3 Å². The molecule has 0 saturated heterocycles. The average Bonchev–Trinajstić information content (AvgIpc) is 2.38. The lowest BCUT2D eigenvalue weighted by Gasteiger charge is -2.31. The summed E-state index contributed by atoms with van der Waals surface area (Å²) in [6, 6.07) is 0. The number of allylic oxidation sites excluding steroid dienone is 2. The lowest BCUT2D eigenvalue weighted by Crippen LogP contribution is -2.43. The molecule has 0 radical (unpaired) electrons. The molecule has 1 aliphatic carbocycles. The normalized spacial score (nSPS) is 17.6.